The van der Waals surface area contributed by atoms with Gasteiger partial charge in [-0.1, -0.05) is 24.3 Å². The molecular weight excluding hydrogens is 354 g/mol. The molecule has 1 aromatic carbocycles. The van der Waals surface area contributed by atoms with Gasteiger partial charge in [0.25, 0.3) is 0 Å². The van der Waals surface area contributed by atoms with Gasteiger partial charge in [0.2, 0.25) is 11.8 Å². The monoisotopic (exact) mass is 369 g/mol. The summed E-state index contributed by atoms with van der Waals surface area (Å²) in [6.45, 7) is 0. The average molecular weight is 369 g/mol. The number of nitrogens with zero attached hydrogens (tertiary/aromatic N) is 1. The van der Waals surface area contributed by atoms with E-state index in [0.29, 0.717) is 23.7 Å². The predicted molar refractivity (Wildman–Crippen MR) is 101 cm³/mol. The summed E-state index contributed by atoms with van der Waals surface area (Å²) >= 11 is 2.97. The van der Waals surface area contributed by atoms with Gasteiger partial charge >= 0.3 is 0 Å². The van der Waals surface area contributed by atoms with Crippen LogP contribution in [0.25, 0.3) is 10.6 Å². The van der Waals surface area contributed by atoms with Crippen molar-refractivity contribution in [2.24, 2.45) is 5.41 Å². The number of thiazole rings is 1. The first-order valence-corrected chi connectivity index (χ1v) is 9.61. The lowest BCUT2D eigenvalue weighted by atomic mass is 10.1. The molecule has 3 aromatic rings. The standard InChI is InChI=1S/C18H15N3O2S2/c22-15(19-12-5-2-1-3-6-12)18(8-9-18)16(23)21-17-20-13(11-25-17)14-7-4-10-24-14/h1-7,10-11H,8-9H2,(H,19,22)(H,20,21,23). The number of amides is 2. The molecule has 0 radical (unpaired) electrons. The van der Waals surface area contributed by atoms with E-state index in [1.54, 1.807) is 23.5 Å². The lowest BCUT2D eigenvalue weighted by Crippen LogP contribution is -2.35. The van der Waals surface area contributed by atoms with Crippen molar-refractivity contribution < 1.29 is 9.59 Å². The average Bonchev–Trinajstić information content (AvgIpc) is 3.03. The van der Waals surface area contributed by atoms with Crippen molar-refractivity contribution in [3.05, 3.63) is 53.2 Å². The number of hydrogen-bond acceptors (Lipinski definition) is 5. The van der Waals surface area contributed by atoms with E-state index in [9.17, 15) is 9.59 Å². The van der Waals surface area contributed by atoms with Crippen LogP contribution in [0.3, 0.4) is 0 Å². The van der Waals surface area contributed by atoms with Gasteiger partial charge in [-0.05, 0) is 36.4 Å². The smallest absolute Gasteiger partial charge is 0.241 e. The van der Waals surface area contributed by atoms with E-state index < -0.39 is 5.41 Å². The van der Waals surface area contributed by atoms with E-state index in [1.165, 1.54) is 11.3 Å². The number of rotatable bonds is 5. The van der Waals surface area contributed by atoms with Crippen LogP contribution in [0.2, 0.25) is 0 Å². The summed E-state index contributed by atoms with van der Waals surface area (Å²) in [6, 6.07) is 13.1. The normalized spacial score (nSPS) is 14.7. The molecule has 0 spiro atoms. The molecular formula is C18H15N3O2S2. The van der Waals surface area contributed by atoms with Crippen LogP contribution in [0.5, 0.6) is 0 Å². The lowest BCUT2D eigenvalue weighted by molar-refractivity contribution is -0.131. The third kappa shape index (κ3) is 3.20. The van der Waals surface area contributed by atoms with Gasteiger partial charge in [0.15, 0.2) is 5.13 Å². The maximum atomic E-state index is 12.6. The number of carbonyl (C=O) groups is 2. The zero-order valence-corrected chi connectivity index (χ0v) is 14.8. The highest BCUT2D eigenvalue weighted by molar-refractivity contribution is 7.16. The molecule has 1 fully saturated rings. The van der Waals surface area contributed by atoms with Gasteiger partial charge in [-0.2, -0.15) is 0 Å². The Labute approximate surface area is 152 Å². The third-order valence-electron chi connectivity index (χ3n) is 4.15. The van der Waals surface area contributed by atoms with Gasteiger partial charge in [-0.15, -0.1) is 22.7 Å². The number of aromatic nitrogens is 1. The Bertz CT molecular complexity index is 900. The number of carbonyl (C=O) groups excluding carboxylic acids is 2. The number of anilines is 2. The maximum Gasteiger partial charge on any atom is 0.241 e. The van der Waals surface area contributed by atoms with E-state index in [1.807, 2.05) is 41.1 Å². The molecule has 7 heteroatoms. The molecule has 2 heterocycles. The topological polar surface area (TPSA) is 71.1 Å². The van der Waals surface area contributed by atoms with Crippen molar-refractivity contribution in [1.29, 1.82) is 0 Å². The minimum absolute atomic E-state index is 0.258. The van der Waals surface area contributed by atoms with Crippen molar-refractivity contribution in [3.63, 3.8) is 0 Å². The molecule has 25 heavy (non-hydrogen) atoms. The minimum Gasteiger partial charge on any atom is -0.325 e. The van der Waals surface area contributed by atoms with E-state index in [4.69, 9.17) is 0 Å². The van der Waals surface area contributed by atoms with Crippen LogP contribution in [0.15, 0.2) is 53.2 Å². The second kappa shape index (κ2) is 6.42. The zero-order chi connectivity index (χ0) is 17.3. The molecule has 2 amide bonds. The number of benzene rings is 1. The Kier molecular flexibility index (Phi) is 4.10. The Balaban J connectivity index is 1.44. The molecule has 1 aliphatic carbocycles. The fourth-order valence-corrected chi connectivity index (χ4v) is 4.01. The van der Waals surface area contributed by atoms with E-state index in [2.05, 4.69) is 15.6 Å². The van der Waals surface area contributed by atoms with Gasteiger partial charge in [0, 0.05) is 11.1 Å². The molecule has 1 saturated carbocycles. The molecule has 0 saturated heterocycles. The first kappa shape index (κ1) is 16.0. The molecule has 2 N–H and O–H groups in total. The Morgan fingerprint density at radius 1 is 0.960 bits per heavy atom. The van der Waals surface area contributed by atoms with Gasteiger partial charge < -0.3 is 10.6 Å². The minimum atomic E-state index is -0.982. The summed E-state index contributed by atoms with van der Waals surface area (Å²) in [7, 11) is 0. The van der Waals surface area contributed by atoms with Crippen LogP contribution in [-0.4, -0.2) is 16.8 Å². The van der Waals surface area contributed by atoms with Crippen LogP contribution in [-0.2, 0) is 9.59 Å². The van der Waals surface area contributed by atoms with Crippen LogP contribution >= 0.6 is 22.7 Å². The first-order chi connectivity index (χ1) is 12.2. The molecule has 2 aromatic heterocycles. The summed E-state index contributed by atoms with van der Waals surface area (Å²) in [5.74, 6) is -0.542. The summed E-state index contributed by atoms with van der Waals surface area (Å²) < 4.78 is 0. The SMILES string of the molecule is O=C(Nc1ccccc1)C1(C(=O)Nc2nc(-c3cccs3)cs2)CC1. The Morgan fingerprint density at radius 3 is 2.40 bits per heavy atom. The molecule has 0 atom stereocenters. The Hall–Kier alpha value is -2.51. The second-order valence-corrected chi connectivity index (χ2v) is 7.68. The fraction of sp³-hybridized carbons (Fsp3) is 0.167. The van der Waals surface area contributed by atoms with E-state index >= 15 is 0 Å². The van der Waals surface area contributed by atoms with Crippen molar-refractivity contribution in [1.82, 2.24) is 4.98 Å². The van der Waals surface area contributed by atoms with Crippen LogP contribution < -0.4 is 10.6 Å². The number of hydrogen-bond donors (Lipinski definition) is 2. The van der Waals surface area contributed by atoms with E-state index in [0.717, 1.165) is 10.6 Å². The predicted octanol–water partition coefficient (Wildman–Crippen LogP) is 4.23. The summed E-state index contributed by atoms with van der Waals surface area (Å²) in [5.41, 5.74) is 0.555. The zero-order valence-electron chi connectivity index (χ0n) is 13.2. The molecule has 1 aliphatic rings. The molecule has 5 nitrogen and oxygen atoms in total. The highest BCUT2D eigenvalue weighted by Gasteiger charge is 2.56. The highest BCUT2D eigenvalue weighted by atomic mass is 32.1. The van der Waals surface area contributed by atoms with Crippen LogP contribution in [0, 0.1) is 5.41 Å². The van der Waals surface area contributed by atoms with Gasteiger partial charge in [0.1, 0.15) is 5.41 Å². The van der Waals surface area contributed by atoms with Gasteiger partial charge in [-0.25, -0.2) is 4.98 Å². The lowest BCUT2D eigenvalue weighted by Gasteiger charge is -2.14. The number of para-hydroxylation sites is 1. The van der Waals surface area contributed by atoms with Crippen molar-refractivity contribution in [2.75, 3.05) is 10.6 Å². The summed E-state index contributed by atoms with van der Waals surface area (Å²) in [6.07, 6.45) is 1.11. The largest absolute Gasteiger partial charge is 0.325 e. The number of thiophene rings is 1. The maximum absolute atomic E-state index is 12.6. The molecule has 126 valence electrons. The van der Waals surface area contributed by atoms with Crippen molar-refractivity contribution in [2.45, 2.75) is 12.8 Å². The molecule has 0 unspecified atom stereocenters. The molecule has 0 aliphatic heterocycles. The third-order valence-corrected chi connectivity index (χ3v) is 5.80. The molecule has 4 rings (SSSR count). The summed E-state index contributed by atoms with van der Waals surface area (Å²) in [4.78, 5) is 30.7. The van der Waals surface area contributed by atoms with Gasteiger partial charge in [-0.3, -0.25) is 9.59 Å². The van der Waals surface area contributed by atoms with Crippen molar-refractivity contribution in [3.8, 4) is 10.6 Å². The highest BCUT2D eigenvalue weighted by Crippen LogP contribution is 2.47. The van der Waals surface area contributed by atoms with Crippen LogP contribution in [0.1, 0.15) is 12.8 Å². The quantitative estimate of drug-likeness (QED) is 0.661. The first-order valence-electron chi connectivity index (χ1n) is 7.85. The number of nitrogens with one attached hydrogen (secondary N) is 2. The van der Waals surface area contributed by atoms with E-state index in [-0.39, 0.29) is 11.8 Å². The van der Waals surface area contributed by atoms with Gasteiger partial charge in [0.05, 0.1) is 10.6 Å². The molecule has 0 bridgehead atoms. The summed E-state index contributed by atoms with van der Waals surface area (Å²) in [5, 5.41) is 10.0. The van der Waals surface area contributed by atoms with Crippen molar-refractivity contribution >= 4 is 45.3 Å². The Morgan fingerprint density at radius 2 is 1.72 bits per heavy atom. The fourth-order valence-electron chi connectivity index (χ4n) is 2.54. The second-order valence-electron chi connectivity index (χ2n) is 5.87. The van der Waals surface area contributed by atoms with Crippen LogP contribution in [0.4, 0.5) is 10.8 Å².